The molecule has 2 N–H and O–H groups in total. The third kappa shape index (κ3) is 3.21. The van der Waals surface area contributed by atoms with Crippen molar-refractivity contribution in [2.75, 3.05) is 6.54 Å². The normalized spacial score (nSPS) is 20.7. The molecule has 1 amide bonds. The number of aliphatic hydroxyl groups excluding tert-OH is 1. The van der Waals surface area contributed by atoms with Crippen molar-refractivity contribution in [3.63, 3.8) is 0 Å². The van der Waals surface area contributed by atoms with E-state index in [1.165, 1.54) is 12.8 Å². The van der Waals surface area contributed by atoms with Crippen molar-refractivity contribution in [2.24, 2.45) is 5.41 Å². The van der Waals surface area contributed by atoms with Crippen LogP contribution in [0.5, 0.6) is 0 Å². The van der Waals surface area contributed by atoms with Gasteiger partial charge in [-0.15, -0.1) is 0 Å². The fourth-order valence-corrected chi connectivity index (χ4v) is 2.54. The highest BCUT2D eigenvalue weighted by molar-refractivity contribution is 5.82. The molecule has 1 aliphatic carbocycles. The first-order chi connectivity index (χ1) is 7.64. The van der Waals surface area contributed by atoms with Crippen molar-refractivity contribution in [1.29, 1.82) is 0 Å². The van der Waals surface area contributed by atoms with Gasteiger partial charge in [0.25, 0.3) is 0 Å². The first-order valence-corrected chi connectivity index (χ1v) is 6.61. The summed E-state index contributed by atoms with van der Waals surface area (Å²) in [5, 5.41) is 12.4. The van der Waals surface area contributed by atoms with E-state index in [0.29, 0.717) is 13.0 Å². The summed E-state index contributed by atoms with van der Waals surface area (Å²) in [7, 11) is 0. The van der Waals surface area contributed by atoms with Crippen LogP contribution in [-0.2, 0) is 4.79 Å². The molecule has 0 aromatic carbocycles. The molecule has 1 fully saturated rings. The minimum absolute atomic E-state index is 0.100. The van der Waals surface area contributed by atoms with Crippen molar-refractivity contribution in [3.8, 4) is 0 Å². The largest absolute Gasteiger partial charge is 0.393 e. The van der Waals surface area contributed by atoms with Gasteiger partial charge in [-0.05, 0) is 32.1 Å². The third-order valence-electron chi connectivity index (χ3n) is 3.95. The first kappa shape index (κ1) is 13.5. The number of hydrogen-bond acceptors (Lipinski definition) is 2. The van der Waals surface area contributed by atoms with E-state index in [4.69, 9.17) is 0 Å². The summed E-state index contributed by atoms with van der Waals surface area (Å²) >= 11 is 0. The Labute approximate surface area is 98.6 Å². The Hall–Kier alpha value is -0.570. The highest BCUT2D eigenvalue weighted by atomic mass is 16.3. The van der Waals surface area contributed by atoms with Crippen molar-refractivity contribution >= 4 is 5.91 Å². The number of amides is 1. The molecular formula is C13H25NO2. The van der Waals surface area contributed by atoms with E-state index in [1.807, 2.05) is 6.92 Å². The molecule has 0 bridgehead atoms. The van der Waals surface area contributed by atoms with Gasteiger partial charge in [0.15, 0.2) is 0 Å². The van der Waals surface area contributed by atoms with Crippen LogP contribution in [0.2, 0.25) is 0 Å². The predicted octanol–water partition coefficient (Wildman–Crippen LogP) is 2.23. The molecule has 0 radical (unpaired) electrons. The lowest BCUT2D eigenvalue weighted by Crippen LogP contribution is -2.39. The zero-order chi connectivity index (χ0) is 12.0. The molecule has 1 atom stereocenters. The number of aliphatic hydroxyl groups is 1. The number of rotatable bonds is 6. The standard InChI is InChI=1S/C13H25NO2/c1-3-11(15)7-10-14-12(16)13(4-2)8-5-6-9-13/h11,15H,3-10H2,1-2H3,(H,14,16). The molecule has 16 heavy (non-hydrogen) atoms. The minimum Gasteiger partial charge on any atom is -0.393 e. The second kappa shape index (κ2) is 6.24. The molecule has 1 rings (SSSR count). The molecule has 0 spiro atoms. The molecule has 0 aromatic heterocycles. The molecule has 94 valence electrons. The Balaban J connectivity index is 2.33. The SMILES string of the molecule is CCC(O)CCNC(=O)C1(CC)CCCC1. The average molecular weight is 227 g/mol. The topological polar surface area (TPSA) is 49.3 Å². The van der Waals surface area contributed by atoms with Crippen LogP contribution in [0.25, 0.3) is 0 Å². The number of carbonyl (C=O) groups excluding carboxylic acids is 1. The van der Waals surface area contributed by atoms with Gasteiger partial charge in [-0.3, -0.25) is 4.79 Å². The Kier molecular flexibility index (Phi) is 5.26. The Morgan fingerprint density at radius 3 is 2.50 bits per heavy atom. The van der Waals surface area contributed by atoms with Crippen LogP contribution in [0.4, 0.5) is 0 Å². The molecule has 1 unspecified atom stereocenters. The molecule has 1 saturated carbocycles. The van der Waals surface area contributed by atoms with Gasteiger partial charge in [0.1, 0.15) is 0 Å². The summed E-state index contributed by atoms with van der Waals surface area (Å²) < 4.78 is 0. The number of carbonyl (C=O) groups is 1. The lowest BCUT2D eigenvalue weighted by atomic mass is 9.82. The van der Waals surface area contributed by atoms with Crippen molar-refractivity contribution in [2.45, 2.75) is 64.9 Å². The van der Waals surface area contributed by atoms with E-state index < -0.39 is 0 Å². The molecule has 3 heteroatoms. The highest BCUT2D eigenvalue weighted by Gasteiger charge is 2.38. The van der Waals surface area contributed by atoms with E-state index >= 15 is 0 Å². The van der Waals surface area contributed by atoms with Gasteiger partial charge in [0.05, 0.1) is 6.10 Å². The number of hydrogen-bond donors (Lipinski definition) is 2. The molecule has 0 aliphatic heterocycles. The van der Waals surface area contributed by atoms with Gasteiger partial charge in [-0.2, -0.15) is 0 Å². The second-order valence-corrected chi connectivity index (χ2v) is 4.95. The minimum atomic E-state index is -0.276. The van der Waals surface area contributed by atoms with Crippen molar-refractivity contribution < 1.29 is 9.90 Å². The molecule has 0 saturated heterocycles. The van der Waals surface area contributed by atoms with Gasteiger partial charge in [0.2, 0.25) is 5.91 Å². The fourth-order valence-electron chi connectivity index (χ4n) is 2.54. The number of nitrogens with one attached hydrogen (secondary N) is 1. The van der Waals surface area contributed by atoms with Gasteiger partial charge < -0.3 is 10.4 Å². The van der Waals surface area contributed by atoms with Crippen LogP contribution >= 0.6 is 0 Å². The van der Waals surface area contributed by atoms with E-state index in [0.717, 1.165) is 25.7 Å². The van der Waals surface area contributed by atoms with Crippen molar-refractivity contribution in [1.82, 2.24) is 5.32 Å². The monoisotopic (exact) mass is 227 g/mol. The van der Waals surface area contributed by atoms with E-state index in [-0.39, 0.29) is 17.4 Å². The van der Waals surface area contributed by atoms with Crippen molar-refractivity contribution in [3.05, 3.63) is 0 Å². The summed E-state index contributed by atoms with van der Waals surface area (Å²) in [4.78, 5) is 12.1. The lowest BCUT2D eigenvalue weighted by molar-refractivity contribution is -0.131. The predicted molar refractivity (Wildman–Crippen MR) is 65.1 cm³/mol. The van der Waals surface area contributed by atoms with Crippen LogP contribution in [0, 0.1) is 5.41 Å². The quantitative estimate of drug-likeness (QED) is 0.731. The molecular weight excluding hydrogens is 202 g/mol. The zero-order valence-electron chi connectivity index (χ0n) is 10.6. The van der Waals surface area contributed by atoms with E-state index in [9.17, 15) is 9.90 Å². The maximum Gasteiger partial charge on any atom is 0.226 e. The Morgan fingerprint density at radius 2 is 2.00 bits per heavy atom. The summed E-state index contributed by atoms with van der Waals surface area (Å²) in [5.74, 6) is 0.204. The van der Waals surface area contributed by atoms with Crippen LogP contribution in [0.3, 0.4) is 0 Å². The van der Waals surface area contributed by atoms with Crippen LogP contribution < -0.4 is 5.32 Å². The Morgan fingerprint density at radius 1 is 1.38 bits per heavy atom. The van der Waals surface area contributed by atoms with E-state index in [1.54, 1.807) is 0 Å². The van der Waals surface area contributed by atoms with Gasteiger partial charge >= 0.3 is 0 Å². The van der Waals surface area contributed by atoms with Gasteiger partial charge in [-0.25, -0.2) is 0 Å². The lowest BCUT2D eigenvalue weighted by Gasteiger charge is -2.26. The van der Waals surface area contributed by atoms with Crippen LogP contribution in [0.1, 0.15) is 58.8 Å². The van der Waals surface area contributed by atoms with Gasteiger partial charge in [-0.1, -0.05) is 26.7 Å². The summed E-state index contributed by atoms with van der Waals surface area (Å²) in [6.45, 7) is 4.67. The first-order valence-electron chi connectivity index (χ1n) is 6.61. The second-order valence-electron chi connectivity index (χ2n) is 4.95. The maximum atomic E-state index is 12.1. The fraction of sp³-hybridized carbons (Fsp3) is 0.923. The van der Waals surface area contributed by atoms with E-state index in [2.05, 4.69) is 12.2 Å². The summed E-state index contributed by atoms with van der Waals surface area (Å²) in [6.07, 6.45) is 6.52. The molecule has 3 nitrogen and oxygen atoms in total. The summed E-state index contributed by atoms with van der Waals surface area (Å²) in [6, 6.07) is 0. The van der Waals surface area contributed by atoms with Crippen LogP contribution in [0.15, 0.2) is 0 Å². The maximum absolute atomic E-state index is 12.1. The summed E-state index contributed by atoms with van der Waals surface area (Å²) in [5.41, 5.74) is -0.100. The van der Waals surface area contributed by atoms with Gasteiger partial charge in [0, 0.05) is 12.0 Å². The average Bonchev–Trinajstić information content (AvgIpc) is 2.78. The zero-order valence-corrected chi connectivity index (χ0v) is 10.6. The third-order valence-corrected chi connectivity index (χ3v) is 3.95. The molecule has 1 aliphatic rings. The smallest absolute Gasteiger partial charge is 0.226 e. The Bertz CT molecular complexity index is 222. The molecule has 0 heterocycles. The highest BCUT2D eigenvalue weighted by Crippen LogP contribution is 2.40. The van der Waals surface area contributed by atoms with Crippen LogP contribution in [-0.4, -0.2) is 23.7 Å². The molecule has 0 aromatic rings.